The molecule has 4 aliphatic rings. The van der Waals surface area contributed by atoms with Crippen LogP contribution in [0.5, 0.6) is 0 Å². The van der Waals surface area contributed by atoms with Crippen molar-refractivity contribution in [1.82, 2.24) is 0 Å². The van der Waals surface area contributed by atoms with Crippen molar-refractivity contribution in [3.8, 4) is 66.8 Å². The zero-order valence-electron chi connectivity index (χ0n) is 56.2. The topological polar surface area (TPSA) is 105 Å². The maximum Gasteiger partial charge on any atom is 0.338 e. The number of aryl methyl sites for hydroxylation is 6. The second-order valence-electron chi connectivity index (χ2n) is 27.7. The van der Waals surface area contributed by atoms with Crippen molar-refractivity contribution in [3.63, 3.8) is 0 Å². The molecular weight excluding hydrogens is 1230 g/mol. The lowest BCUT2D eigenvalue weighted by Gasteiger charge is -2.33. The highest BCUT2D eigenvalue weighted by molar-refractivity contribution is 7.03. The molecule has 0 radical (unpaired) electrons. The van der Waals surface area contributed by atoms with Crippen LogP contribution in [0, 0.1) is 41.5 Å². The molecular formula is C90H64B2O8. The Balaban J connectivity index is 0.942. The van der Waals surface area contributed by atoms with Gasteiger partial charge in [0.15, 0.2) is 0 Å². The van der Waals surface area contributed by atoms with Crippen LogP contribution in [-0.4, -0.2) is 37.3 Å². The average Bonchev–Trinajstić information content (AvgIpc) is 1.45. The van der Waals surface area contributed by atoms with E-state index < -0.39 is 23.9 Å². The van der Waals surface area contributed by atoms with Gasteiger partial charge in [0.2, 0.25) is 13.4 Å². The minimum Gasteiger partial charge on any atom is -0.457 e. The Kier molecular flexibility index (Phi) is 14.2. The zero-order valence-corrected chi connectivity index (χ0v) is 56.2. The van der Waals surface area contributed by atoms with Crippen LogP contribution in [0.15, 0.2) is 231 Å². The molecule has 0 aliphatic carbocycles. The van der Waals surface area contributed by atoms with Crippen LogP contribution < -0.4 is 32.8 Å². The van der Waals surface area contributed by atoms with Gasteiger partial charge in [-0.2, -0.15) is 0 Å². The van der Waals surface area contributed by atoms with Gasteiger partial charge in [-0.15, -0.1) is 0 Å². The van der Waals surface area contributed by atoms with Gasteiger partial charge in [-0.1, -0.05) is 214 Å². The Bertz CT molecular complexity index is 5470. The van der Waals surface area contributed by atoms with Gasteiger partial charge in [-0.25, -0.2) is 19.2 Å². The molecule has 0 amide bonds. The Morgan fingerprint density at radius 1 is 0.270 bits per heavy atom. The third kappa shape index (κ3) is 9.67. The quantitative estimate of drug-likeness (QED) is 0.0459. The largest absolute Gasteiger partial charge is 0.457 e. The van der Waals surface area contributed by atoms with Crippen molar-refractivity contribution >= 4 is 102 Å². The third-order valence-electron chi connectivity index (χ3n) is 21.3. The number of hydrogen-bond acceptors (Lipinski definition) is 8. The van der Waals surface area contributed by atoms with Gasteiger partial charge < -0.3 is 18.9 Å². The standard InChI is InChI=1S/C90H64B2O8/c1-49-31-51(3)79(52(4)32-49)65-41-67-73-39-61(89(95)99-47-57-23-15-9-16-24-57)37-71-63-35-60(88(94)98-46-56-21-13-8-14-22-56)28-30-76(63)92(85(71)73)78-44-70-66(80-53(5)33-50(2)34-54(80)6)42-68-74-40-62(90(96)100-48-58-25-17-10-18-26-58)38-72-64-36-59(87(93)97-45-55-19-11-7-12-20-55)27-29-75(64)91(86(72)74)77-43-69(65)83(81(67)78)84(70)82(68)77/h7-44H,45-48H2,1-6H3. The molecule has 0 N–H and O–H groups in total. The van der Waals surface area contributed by atoms with Crippen molar-refractivity contribution < 1.29 is 38.1 Å². The van der Waals surface area contributed by atoms with E-state index in [2.05, 4.69) is 114 Å². The van der Waals surface area contributed by atoms with Gasteiger partial charge in [0.25, 0.3) is 0 Å². The Hall–Kier alpha value is -11.9. The molecule has 4 heterocycles. The van der Waals surface area contributed by atoms with E-state index in [1.54, 1.807) is 0 Å². The van der Waals surface area contributed by atoms with E-state index in [1.807, 2.05) is 158 Å². The number of esters is 4. The van der Waals surface area contributed by atoms with Gasteiger partial charge in [0.1, 0.15) is 26.4 Å². The van der Waals surface area contributed by atoms with Crippen LogP contribution in [0.1, 0.15) is 97.1 Å². The first kappa shape index (κ1) is 60.5. The van der Waals surface area contributed by atoms with Crippen molar-refractivity contribution in [1.29, 1.82) is 0 Å². The van der Waals surface area contributed by atoms with E-state index >= 15 is 9.59 Å². The average molecular weight is 1300 g/mol. The second-order valence-corrected chi connectivity index (χ2v) is 27.7. The van der Waals surface area contributed by atoms with Crippen LogP contribution in [0.4, 0.5) is 0 Å². The predicted molar refractivity (Wildman–Crippen MR) is 403 cm³/mol. The fourth-order valence-corrected chi connectivity index (χ4v) is 17.3. The van der Waals surface area contributed by atoms with Crippen molar-refractivity contribution in [2.75, 3.05) is 0 Å². The summed E-state index contributed by atoms with van der Waals surface area (Å²) in [5.74, 6) is -1.81. The summed E-state index contributed by atoms with van der Waals surface area (Å²) in [6, 6.07) is 77.7. The maximum absolute atomic E-state index is 15.0. The molecule has 14 aromatic rings. The summed E-state index contributed by atoms with van der Waals surface area (Å²) in [6.45, 7) is 12.9. The van der Waals surface area contributed by atoms with Crippen molar-refractivity contribution in [2.45, 2.75) is 68.0 Å². The van der Waals surface area contributed by atoms with E-state index in [9.17, 15) is 9.59 Å². The molecule has 0 spiro atoms. The summed E-state index contributed by atoms with van der Waals surface area (Å²) in [6.07, 6.45) is 0. The molecule has 0 atom stereocenters. The molecule has 0 saturated heterocycles. The number of carbonyl (C=O) groups excluding carboxylic acids is 4. The van der Waals surface area contributed by atoms with Gasteiger partial charge in [0.05, 0.1) is 22.3 Å². The molecule has 0 aromatic heterocycles. The Labute approximate surface area is 580 Å². The van der Waals surface area contributed by atoms with Crippen LogP contribution in [0.25, 0.3) is 99.1 Å². The molecule has 8 nitrogen and oxygen atoms in total. The number of benzene rings is 14. The van der Waals surface area contributed by atoms with Crippen molar-refractivity contribution in [3.05, 3.63) is 308 Å². The van der Waals surface area contributed by atoms with Crippen molar-refractivity contribution in [2.24, 2.45) is 0 Å². The number of fused-ring (bicyclic) bond motifs is 10. The monoisotopic (exact) mass is 1290 g/mol. The van der Waals surface area contributed by atoms with E-state index in [0.717, 1.165) is 187 Å². The molecule has 14 aromatic carbocycles. The van der Waals surface area contributed by atoms with Gasteiger partial charge in [0, 0.05) is 0 Å². The van der Waals surface area contributed by atoms with Gasteiger partial charge in [-0.05, 0) is 246 Å². The first-order valence-corrected chi connectivity index (χ1v) is 34.2. The third-order valence-corrected chi connectivity index (χ3v) is 21.3. The first-order valence-electron chi connectivity index (χ1n) is 34.2. The molecule has 100 heavy (non-hydrogen) atoms. The fourth-order valence-electron chi connectivity index (χ4n) is 17.3. The molecule has 0 bridgehead atoms. The maximum atomic E-state index is 15.0. The SMILES string of the molecule is Cc1cc(C)c(-c2cc3c4c(cc5c(-c6c(C)cc(C)cc6C)cc6c7c(cc2c4c57)B2c4ccc(C(=O)OCc5ccccc5)cc4-c4cc(C(=O)OCc5ccccc5)cc-6c42)B2c4ccc(C(=O)OCc5ccccc5)cc4-c4cc(C(=O)OCc5ccccc5)cc-3c42)c(C)c1. The van der Waals surface area contributed by atoms with Crippen LogP contribution in [0.2, 0.25) is 0 Å². The molecule has 18 rings (SSSR count). The first-order chi connectivity index (χ1) is 48.7. The van der Waals surface area contributed by atoms with Gasteiger partial charge in [-0.3, -0.25) is 0 Å². The van der Waals surface area contributed by atoms with E-state index in [4.69, 9.17) is 18.9 Å². The highest BCUT2D eigenvalue weighted by Crippen LogP contribution is 2.53. The molecule has 0 saturated carbocycles. The molecule has 10 heteroatoms. The minimum absolute atomic E-state index is 0.0869. The Morgan fingerprint density at radius 2 is 0.560 bits per heavy atom. The summed E-state index contributed by atoms with van der Waals surface area (Å²) in [5, 5.41) is 6.52. The number of rotatable bonds is 14. The normalized spacial score (nSPS) is 12.4. The fraction of sp³-hybridized carbons (Fsp3) is 0.111. The molecule has 0 fully saturated rings. The predicted octanol–water partition coefficient (Wildman–Crippen LogP) is 16.2. The summed E-state index contributed by atoms with van der Waals surface area (Å²) < 4.78 is 24.6. The highest BCUT2D eigenvalue weighted by Gasteiger charge is 2.46. The number of ether oxygens (including phenoxy) is 4. The lowest BCUT2D eigenvalue weighted by Crippen LogP contribution is -2.53. The van der Waals surface area contributed by atoms with Crippen LogP contribution in [-0.2, 0) is 45.4 Å². The smallest absolute Gasteiger partial charge is 0.338 e. The van der Waals surface area contributed by atoms with Crippen LogP contribution >= 0.6 is 0 Å². The molecule has 0 unspecified atom stereocenters. The Morgan fingerprint density at radius 3 is 0.880 bits per heavy atom. The second kappa shape index (κ2) is 23.4. The zero-order chi connectivity index (χ0) is 67.9. The summed E-state index contributed by atoms with van der Waals surface area (Å²) in [7, 11) is 0. The lowest BCUT2D eigenvalue weighted by atomic mass is 9.34. The summed E-state index contributed by atoms with van der Waals surface area (Å²) >= 11 is 0. The van der Waals surface area contributed by atoms with Crippen LogP contribution in [0.3, 0.4) is 0 Å². The summed E-state index contributed by atoms with van der Waals surface area (Å²) in [5.41, 5.74) is 30.0. The number of carbonyl (C=O) groups is 4. The van der Waals surface area contributed by atoms with Gasteiger partial charge >= 0.3 is 23.9 Å². The van der Waals surface area contributed by atoms with E-state index in [-0.39, 0.29) is 39.9 Å². The van der Waals surface area contributed by atoms with E-state index in [0.29, 0.717) is 22.3 Å². The number of hydrogen-bond donors (Lipinski definition) is 0. The minimum atomic E-state index is -0.459. The lowest BCUT2D eigenvalue weighted by molar-refractivity contribution is 0.0464. The molecule has 478 valence electrons. The molecule has 4 aliphatic heterocycles. The summed E-state index contributed by atoms with van der Waals surface area (Å²) in [4.78, 5) is 58.8. The van der Waals surface area contributed by atoms with E-state index in [1.165, 1.54) is 0 Å². The highest BCUT2D eigenvalue weighted by atomic mass is 16.5.